The number of hydrogen-bond donors (Lipinski definition) is 0. The lowest BCUT2D eigenvalue weighted by molar-refractivity contribution is 0.667. The lowest BCUT2D eigenvalue weighted by Gasteiger charge is -2.14. The highest BCUT2D eigenvalue weighted by Crippen LogP contribution is 2.21. The first kappa shape index (κ1) is 16.9. The van der Waals surface area contributed by atoms with Gasteiger partial charge in [-0.15, -0.1) is 0 Å². The first-order valence-electron chi connectivity index (χ1n) is 9.91. The van der Waals surface area contributed by atoms with Crippen molar-refractivity contribution in [2.45, 2.75) is 25.7 Å². The van der Waals surface area contributed by atoms with Crippen molar-refractivity contribution in [1.82, 2.24) is 4.98 Å². The van der Waals surface area contributed by atoms with Gasteiger partial charge in [-0.3, -0.25) is 9.78 Å². The number of aryl methyl sites for hydroxylation is 2. The summed E-state index contributed by atoms with van der Waals surface area (Å²) in [5.41, 5.74) is 4.71. The molecule has 4 aromatic rings. The van der Waals surface area contributed by atoms with Crippen LogP contribution < -0.4 is 5.43 Å². The Kier molecular flexibility index (Phi) is 4.25. The van der Waals surface area contributed by atoms with Gasteiger partial charge in [-0.2, -0.15) is 0 Å². The summed E-state index contributed by atoms with van der Waals surface area (Å²) < 4.78 is 0. The molecule has 2 heteroatoms. The maximum atomic E-state index is 13.0. The lowest BCUT2D eigenvalue weighted by Crippen LogP contribution is -2.05. The Labute approximate surface area is 164 Å². The van der Waals surface area contributed by atoms with E-state index >= 15 is 0 Å². The molecule has 1 aliphatic carbocycles. The smallest absolute Gasteiger partial charge is 0.194 e. The predicted octanol–water partition coefficient (Wildman–Crippen LogP) is 5.80. The summed E-state index contributed by atoms with van der Waals surface area (Å²) in [5, 5.41) is 3.45. The van der Waals surface area contributed by atoms with Crippen molar-refractivity contribution in [3.8, 4) is 0 Å². The summed E-state index contributed by atoms with van der Waals surface area (Å²) in [6, 6.07) is 22.2. The zero-order valence-electron chi connectivity index (χ0n) is 15.7. The number of aromatic nitrogens is 1. The highest BCUT2D eigenvalue weighted by molar-refractivity contribution is 5.94. The first-order valence-corrected chi connectivity index (χ1v) is 9.91. The second kappa shape index (κ2) is 7.05. The van der Waals surface area contributed by atoms with Crippen LogP contribution in [0.25, 0.3) is 33.7 Å². The van der Waals surface area contributed by atoms with E-state index in [-0.39, 0.29) is 5.43 Å². The maximum Gasteiger partial charge on any atom is 0.194 e. The standard InChI is InChI=1S/C26H21NO/c28-26-23-7-3-1-5-19(23)12-13-20-11-9-18(17-24(20)26)10-15-22-16-14-21-6-2-4-8-25(21)27-22/h1,3,5,7,9-17H,2,4,6,8H2/b15-10+. The molecule has 0 atom stereocenters. The molecule has 136 valence electrons. The Morgan fingerprint density at radius 3 is 2.46 bits per heavy atom. The monoisotopic (exact) mass is 363 g/mol. The fourth-order valence-electron chi connectivity index (χ4n) is 4.07. The van der Waals surface area contributed by atoms with Crippen molar-refractivity contribution in [2.24, 2.45) is 0 Å². The van der Waals surface area contributed by atoms with E-state index < -0.39 is 0 Å². The Morgan fingerprint density at radius 1 is 0.750 bits per heavy atom. The SMILES string of the molecule is O=c1c2ccccc2ccc2ccc(/C=C/c3ccc4c(n3)CCCC4)cc12. The molecule has 0 unspecified atom stereocenters. The Hall–Kier alpha value is -3.26. The van der Waals surface area contributed by atoms with Gasteiger partial charge in [-0.1, -0.05) is 60.7 Å². The molecule has 3 aromatic carbocycles. The molecule has 0 amide bonds. The van der Waals surface area contributed by atoms with Crippen molar-refractivity contribution >= 4 is 33.7 Å². The molecule has 0 fully saturated rings. The van der Waals surface area contributed by atoms with E-state index in [0.717, 1.165) is 45.6 Å². The van der Waals surface area contributed by atoms with Crippen LogP contribution in [0.5, 0.6) is 0 Å². The Bertz CT molecular complexity index is 1290. The Morgan fingerprint density at radius 2 is 1.54 bits per heavy atom. The molecule has 0 spiro atoms. The topological polar surface area (TPSA) is 30.0 Å². The molecule has 0 radical (unpaired) electrons. The van der Waals surface area contributed by atoms with E-state index in [0.29, 0.717) is 0 Å². The molecule has 5 rings (SSSR count). The van der Waals surface area contributed by atoms with Crippen LogP contribution in [-0.2, 0) is 12.8 Å². The van der Waals surface area contributed by atoms with Crippen LogP contribution in [0.4, 0.5) is 0 Å². The third kappa shape index (κ3) is 3.11. The van der Waals surface area contributed by atoms with Crippen LogP contribution in [-0.4, -0.2) is 4.98 Å². The van der Waals surface area contributed by atoms with Crippen LogP contribution in [0, 0.1) is 0 Å². The van der Waals surface area contributed by atoms with Gasteiger partial charge in [0.1, 0.15) is 0 Å². The molecule has 0 saturated carbocycles. The third-order valence-electron chi connectivity index (χ3n) is 5.62. The lowest BCUT2D eigenvalue weighted by atomic mass is 9.96. The highest BCUT2D eigenvalue weighted by Gasteiger charge is 2.10. The van der Waals surface area contributed by atoms with Gasteiger partial charge in [-0.05, 0) is 65.8 Å². The van der Waals surface area contributed by atoms with Crippen molar-refractivity contribution in [1.29, 1.82) is 0 Å². The van der Waals surface area contributed by atoms with Crippen molar-refractivity contribution in [3.05, 3.63) is 99.5 Å². The van der Waals surface area contributed by atoms with Gasteiger partial charge in [-0.25, -0.2) is 0 Å². The van der Waals surface area contributed by atoms with Crippen LogP contribution in [0.2, 0.25) is 0 Å². The quantitative estimate of drug-likeness (QED) is 0.451. The number of rotatable bonds is 2. The molecule has 0 saturated heterocycles. The first-order chi connectivity index (χ1) is 13.8. The predicted molar refractivity (Wildman–Crippen MR) is 118 cm³/mol. The second-order valence-electron chi connectivity index (χ2n) is 7.48. The average molecular weight is 363 g/mol. The minimum absolute atomic E-state index is 0.0813. The summed E-state index contributed by atoms with van der Waals surface area (Å²) in [4.78, 5) is 17.8. The second-order valence-corrected chi connectivity index (χ2v) is 7.48. The van der Waals surface area contributed by atoms with Gasteiger partial charge < -0.3 is 0 Å². The number of nitrogens with zero attached hydrogens (tertiary/aromatic N) is 1. The van der Waals surface area contributed by atoms with Crippen LogP contribution in [0.15, 0.2) is 71.5 Å². The number of pyridine rings is 1. The molecule has 0 aliphatic heterocycles. The minimum atomic E-state index is 0.0813. The van der Waals surface area contributed by atoms with Crippen LogP contribution >= 0.6 is 0 Å². The molecular weight excluding hydrogens is 342 g/mol. The fraction of sp³-hybridized carbons (Fsp3) is 0.154. The molecule has 1 aliphatic rings. The van der Waals surface area contributed by atoms with Crippen molar-refractivity contribution in [2.75, 3.05) is 0 Å². The summed E-state index contributed by atoms with van der Waals surface area (Å²) in [6.45, 7) is 0. The van der Waals surface area contributed by atoms with E-state index in [9.17, 15) is 4.79 Å². The van der Waals surface area contributed by atoms with Gasteiger partial charge in [0, 0.05) is 16.5 Å². The third-order valence-corrected chi connectivity index (χ3v) is 5.62. The summed E-state index contributed by atoms with van der Waals surface area (Å²) in [7, 11) is 0. The van der Waals surface area contributed by atoms with Gasteiger partial charge >= 0.3 is 0 Å². The molecule has 1 heterocycles. The number of hydrogen-bond acceptors (Lipinski definition) is 2. The van der Waals surface area contributed by atoms with Gasteiger partial charge in [0.05, 0.1) is 5.69 Å². The average Bonchev–Trinajstić information content (AvgIpc) is 2.89. The number of benzene rings is 2. The molecule has 1 aromatic heterocycles. The summed E-state index contributed by atoms with van der Waals surface area (Å²) in [5.74, 6) is 0. The van der Waals surface area contributed by atoms with Crippen LogP contribution in [0.1, 0.15) is 35.4 Å². The van der Waals surface area contributed by atoms with Crippen molar-refractivity contribution < 1.29 is 0 Å². The molecule has 0 N–H and O–H groups in total. The zero-order valence-corrected chi connectivity index (χ0v) is 15.7. The largest absolute Gasteiger partial charge is 0.289 e. The Balaban J connectivity index is 1.56. The number of fused-ring (bicyclic) bond motifs is 3. The molecular formula is C26H21NO. The van der Waals surface area contributed by atoms with E-state index in [1.54, 1.807) is 0 Å². The molecule has 0 bridgehead atoms. The molecule has 28 heavy (non-hydrogen) atoms. The van der Waals surface area contributed by atoms with E-state index in [2.05, 4.69) is 18.2 Å². The van der Waals surface area contributed by atoms with Gasteiger partial charge in [0.25, 0.3) is 0 Å². The zero-order chi connectivity index (χ0) is 18.9. The highest BCUT2D eigenvalue weighted by atomic mass is 16.1. The van der Waals surface area contributed by atoms with Crippen LogP contribution in [0.3, 0.4) is 0 Å². The summed E-state index contributed by atoms with van der Waals surface area (Å²) >= 11 is 0. The van der Waals surface area contributed by atoms with Gasteiger partial charge in [0.15, 0.2) is 5.43 Å². The summed E-state index contributed by atoms with van der Waals surface area (Å²) in [6.07, 6.45) is 8.82. The normalized spacial score (nSPS) is 13.9. The van der Waals surface area contributed by atoms with E-state index in [4.69, 9.17) is 4.98 Å². The minimum Gasteiger partial charge on any atom is -0.289 e. The van der Waals surface area contributed by atoms with E-state index in [1.807, 2.05) is 60.7 Å². The van der Waals surface area contributed by atoms with Crippen molar-refractivity contribution in [3.63, 3.8) is 0 Å². The van der Waals surface area contributed by atoms with Gasteiger partial charge in [0.2, 0.25) is 0 Å². The fourth-order valence-corrected chi connectivity index (χ4v) is 4.07. The maximum absolute atomic E-state index is 13.0. The van der Waals surface area contributed by atoms with E-state index in [1.165, 1.54) is 24.1 Å². The molecule has 2 nitrogen and oxygen atoms in total.